The summed E-state index contributed by atoms with van der Waals surface area (Å²) in [5.41, 5.74) is 2.37. The average Bonchev–Trinajstić information content (AvgIpc) is 2.50. The lowest BCUT2D eigenvalue weighted by atomic mass is 9.71. The molecule has 0 N–H and O–H groups in total. The van der Waals surface area contributed by atoms with Gasteiger partial charge >= 0.3 is 5.97 Å². The number of methoxy groups -OCH3 is 1. The van der Waals surface area contributed by atoms with Gasteiger partial charge in [-0.25, -0.2) is 4.79 Å². The van der Waals surface area contributed by atoms with Crippen molar-refractivity contribution < 1.29 is 14.3 Å². The molecule has 0 aliphatic heterocycles. The number of esters is 1. The summed E-state index contributed by atoms with van der Waals surface area (Å²) >= 11 is 0. The first-order valence-electron chi connectivity index (χ1n) is 7.63. The lowest BCUT2D eigenvalue weighted by Crippen LogP contribution is -2.31. The second-order valence-corrected chi connectivity index (χ2v) is 6.30. The van der Waals surface area contributed by atoms with E-state index in [0.29, 0.717) is 0 Å². The smallest absolute Gasteiger partial charge is 0.330 e. The van der Waals surface area contributed by atoms with Gasteiger partial charge in [-0.2, -0.15) is 0 Å². The third-order valence-electron chi connectivity index (χ3n) is 4.28. The van der Waals surface area contributed by atoms with Crippen LogP contribution in [0.5, 0.6) is 5.75 Å². The van der Waals surface area contributed by atoms with Gasteiger partial charge in [-0.1, -0.05) is 38.1 Å². The highest BCUT2D eigenvalue weighted by atomic mass is 16.5. The van der Waals surface area contributed by atoms with Crippen LogP contribution in [-0.4, -0.2) is 19.2 Å². The van der Waals surface area contributed by atoms with E-state index in [1.165, 1.54) is 18.8 Å². The molecule has 0 amide bonds. The molecule has 0 fully saturated rings. The molecule has 0 heterocycles. The summed E-state index contributed by atoms with van der Waals surface area (Å²) in [6.07, 6.45) is 5.41. The van der Waals surface area contributed by atoms with Crippen LogP contribution in [0.4, 0.5) is 0 Å². The Bertz CT molecular complexity index is 582. The lowest BCUT2D eigenvalue weighted by Gasteiger charge is -2.37. The van der Waals surface area contributed by atoms with Gasteiger partial charge in [-0.3, -0.25) is 0 Å². The van der Waals surface area contributed by atoms with Gasteiger partial charge in [0.25, 0.3) is 0 Å². The molecule has 1 unspecified atom stereocenters. The first-order valence-corrected chi connectivity index (χ1v) is 7.63. The summed E-state index contributed by atoms with van der Waals surface area (Å²) in [5, 5.41) is 0. The van der Waals surface area contributed by atoms with Crippen LogP contribution in [0.1, 0.15) is 33.6 Å². The van der Waals surface area contributed by atoms with E-state index < -0.39 is 0 Å². The largest absolute Gasteiger partial charge is 0.486 e. The third-order valence-corrected chi connectivity index (χ3v) is 4.28. The summed E-state index contributed by atoms with van der Waals surface area (Å²) in [6.45, 7) is 6.49. The van der Waals surface area contributed by atoms with E-state index >= 15 is 0 Å². The minimum absolute atomic E-state index is 0.0329. The topological polar surface area (TPSA) is 35.5 Å². The number of hydrogen-bond acceptors (Lipinski definition) is 3. The maximum absolute atomic E-state index is 11.4. The fraction of sp³-hybridized carbons (Fsp3) is 0.421. The van der Waals surface area contributed by atoms with E-state index in [0.717, 1.165) is 24.2 Å². The van der Waals surface area contributed by atoms with Crippen LogP contribution < -0.4 is 4.74 Å². The van der Waals surface area contributed by atoms with Gasteiger partial charge in [0, 0.05) is 6.08 Å². The Morgan fingerprint density at radius 1 is 1.27 bits per heavy atom. The maximum Gasteiger partial charge on any atom is 0.330 e. The first-order chi connectivity index (χ1) is 10.4. The van der Waals surface area contributed by atoms with Crippen LogP contribution in [0.3, 0.4) is 0 Å². The normalized spacial score (nSPS) is 21.0. The van der Waals surface area contributed by atoms with Gasteiger partial charge in [-0.15, -0.1) is 0 Å². The first kappa shape index (κ1) is 16.3. The van der Waals surface area contributed by atoms with Crippen molar-refractivity contribution in [1.29, 1.82) is 0 Å². The second-order valence-electron chi connectivity index (χ2n) is 6.30. The van der Waals surface area contributed by atoms with Crippen LogP contribution >= 0.6 is 0 Å². The number of allylic oxidation sites excluding steroid dienone is 2. The van der Waals surface area contributed by atoms with E-state index in [4.69, 9.17) is 4.74 Å². The number of carbonyl (C=O) groups is 1. The molecule has 0 spiro atoms. The van der Waals surface area contributed by atoms with Crippen molar-refractivity contribution in [3.63, 3.8) is 0 Å². The molecule has 0 saturated carbocycles. The van der Waals surface area contributed by atoms with E-state index in [1.807, 2.05) is 36.4 Å². The predicted molar refractivity (Wildman–Crippen MR) is 87.7 cm³/mol. The van der Waals surface area contributed by atoms with Crippen LogP contribution in [0, 0.1) is 5.41 Å². The van der Waals surface area contributed by atoms with Gasteiger partial charge in [0.05, 0.1) is 7.11 Å². The fourth-order valence-electron chi connectivity index (χ4n) is 2.94. The number of rotatable bonds is 4. The van der Waals surface area contributed by atoms with Crippen LogP contribution in [0.2, 0.25) is 0 Å². The number of carbonyl (C=O) groups excluding carboxylic acids is 1. The molecule has 0 radical (unpaired) electrons. The molecule has 0 aromatic heterocycles. The van der Waals surface area contributed by atoms with Gasteiger partial charge in [0.15, 0.2) is 0 Å². The average molecular weight is 300 g/mol. The van der Waals surface area contributed by atoms with Crippen LogP contribution in [0.25, 0.3) is 0 Å². The number of hydrogen-bond donors (Lipinski definition) is 0. The third kappa shape index (κ3) is 3.79. The van der Waals surface area contributed by atoms with Gasteiger partial charge in [0.1, 0.15) is 11.9 Å². The Morgan fingerprint density at radius 3 is 2.59 bits per heavy atom. The zero-order valence-corrected chi connectivity index (χ0v) is 13.8. The summed E-state index contributed by atoms with van der Waals surface area (Å²) < 4.78 is 10.8. The van der Waals surface area contributed by atoms with Gasteiger partial charge < -0.3 is 9.47 Å². The minimum Gasteiger partial charge on any atom is -0.486 e. The molecular formula is C19H24O3. The van der Waals surface area contributed by atoms with Crippen molar-refractivity contribution in [2.75, 3.05) is 7.11 Å². The molecule has 1 aliphatic carbocycles. The Balaban J connectivity index is 2.26. The van der Waals surface area contributed by atoms with Crippen molar-refractivity contribution in [2.45, 2.75) is 39.7 Å². The standard InChI is InChI=1S/C19H24O3/c1-14-16(10-11-18(20)21-4)19(2,3)13-12-17(14)22-15-8-6-5-7-9-15/h5-11,17H,12-13H2,1-4H3/b11-10+. The molecule has 118 valence electrons. The summed E-state index contributed by atoms with van der Waals surface area (Å²) in [7, 11) is 1.39. The monoisotopic (exact) mass is 300 g/mol. The second kappa shape index (κ2) is 6.82. The lowest BCUT2D eigenvalue weighted by molar-refractivity contribution is -0.134. The summed E-state index contributed by atoms with van der Waals surface area (Å²) in [5.74, 6) is 0.546. The molecule has 0 bridgehead atoms. The molecule has 1 atom stereocenters. The van der Waals surface area contributed by atoms with Crippen molar-refractivity contribution in [3.05, 3.63) is 53.6 Å². The van der Waals surface area contributed by atoms with Crippen LogP contribution in [0.15, 0.2) is 53.6 Å². The molecule has 0 saturated heterocycles. The highest BCUT2D eigenvalue weighted by molar-refractivity contribution is 5.82. The van der Waals surface area contributed by atoms with Gasteiger partial charge in [0.2, 0.25) is 0 Å². The van der Waals surface area contributed by atoms with E-state index in [-0.39, 0.29) is 17.5 Å². The number of benzene rings is 1. The van der Waals surface area contributed by atoms with Crippen molar-refractivity contribution in [3.8, 4) is 5.75 Å². The summed E-state index contributed by atoms with van der Waals surface area (Å²) in [4.78, 5) is 11.4. The number of para-hydroxylation sites is 1. The predicted octanol–water partition coefficient (Wildman–Crippen LogP) is 4.30. The molecule has 3 nitrogen and oxygen atoms in total. The van der Waals surface area contributed by atoms with Crippen molar-refractivity contribution >= 4 is 5.97 Å². The fourth-order valence-corrected chi connectivity index (χ4v) is 2.94. The quantitative estimate of drug-likeness (QED) is 0.614. The zero-order valence-electron chi connectivity index (χ0n) is 13.8. The van der Waals surface area contributed by atoms with Crippen molar-refractivity contribution in [1.82, 2.24) is 0 Å². The molecule has 22 heavy (non-hydrogen) atoms. The van der Waals surface area contributed by atoms with Crippen LogP contribution in [-0.2, 0) is 9.53 Å². The number of ether oxygens (including phenoxy) is 2. The molecular weight excluding hydrogens is 276 g/mol. The highest BCUT2D eigenvalue weighted by Crippen LogP contribution is 2.42. The zero-order chi connectivity index (χ0) is 16.2. The molecule has 1 aromatic carbocycles. The Hall–Kier alpha value is -2.03. The molecule has 3 heteroatoms. The van der Waals surface area contributed by atoms with Crippen molar-refractivity contribution in [2.24, 2.45) is 5.41 Å². The van der Waals surface area contributed by atoms with Gasteiger partial charge in [-0.05, 0) is 48.5 Å². The molecule has 2 rings (SSSR count). The Kier molecular flexibility index (Phi) is 5.07. The maximum atomic E-state index is 11.4. The van der Waals surface area contributed by atoms with E-state index in [9.17, 15) is 4.79 Å². The minimum atomic E-state index is -0.331. The van der Waals surface area contributed by atoms with E-state index in [1.54, 1.807) is 0 Å². The Morgan fingerprint density at radius 2 is 1.95 bits per heavy atom. The Labute approximate surface area is 132 Å². The molecule has 1 aromatic rings. The summed E-state index contributed by atoms with van der Waals surface area (Å²) in [6, 6.07) is 9.86. The highest BCUT2D eigenvalue weighted by Gasteiger charge is 2.33. The SMILES string of the molecule is COC(=O)/C=C/C1=C(C)C(Oc2ccccc2)CCC1(C)C. The molecule has 1 aliphatic rings. The van der Waals surface area contributed by atoms with E-state index in [2.05, 4.69) is 25.5 Å².